The smallest absolute Gasteiger partial charge is 0.255 e. The number of benzene rings is 3. The van der Waals surface area contributed by atoms with Gasteiger partial charge in [0.1, 0.15) is 5.65 Å². The average molecular weight is 544 g/mol. The largest absolute Gasteiger partial charge is 0.397 e. The molecule has 0 spiro atoms. The van der Waals surface area contributed by atoms with Gasteiger partial charge in [-0.25, -0.2) is 9.97 Å². The maximum atomic E-state index is 12.6. The van der Waals surface area contributed by atoms with E-state index < -0.39 is 0 Å². The average Bonchev–Trinajstić information content (AvgIpc) is 3.72. The number of aromatic nitrogens is 3. The van der Waals surface area contributed by atoms with Crippen LogP contribution in [0.25, 0.3) is 16.2 Å². The molecule has 6 aromatic rings. The van der Waals surface area contributed by atoms with Crippen LogP contribution in [0.1, 0.15) is 21.5 Å². The zero-order valence-corrected chi connectivity index (χ0v) is 22.2. The quantitative estimate of drug-likeness (QED) is 0.206. The normalized spacial score (nSPS) is 12.4. The van der Waals surface area contributed by atoms with Gasteiger partial charge in [0.05, 0.1) is 28.1 Å². The van der Waals surface area contributed by atoms with E-state index in [0.29, 0.717) is 16.9 Å². The number of hydrogen-bond acceptors (Lipinski definition) is 7. The molecule has 3 aromatic carbocycles. The van der Waals surface area contributed by atoms with E-state index in [9.17, 15) is 4.79 Å². The zero-order chi connectivity index (χ0) is 27.1. The van der Waals surface area contributed by atoms with E-state index in [1.54, 1.807) is 35.6 Å². The highest BCUT2D eigenvalue weighted by Gasteiger charge is 2.19. The molecule has 4 heterocycles. The summed E-state index contributed by atoms with van der Waals surface area (Å²) in [7, 11) is 0. The van der Waals surface area contributed by atoms with Gasteiger partial charge in [-0.3, -0.25) is 9.20 Å². The number of nitrogens with zero attached hydrogens (tertiary/aromatic N) is 4. The fourth-order valence-electron chi connectivity index (χ4n) is 4.95. The highest BCUT2D eigenvalue weighted by atomic mass is 32.1. The van der Waals surface area contributed by atoms with Gasteiger partial charge in [0.15, 0.2) is 5.13 Å². The number of anilines is 5. The molecule has 0 aliphatic carbocycles. The Balaban J connectivity index is 1.04. The maximum absolute atomic E-state index is 12.6. The van der Waals surface area contributed by atoms with Gasteiger partial charge in [0, 0.05) is 48.5 Å². The van der Waals surface area contributed by atoms with E-state index in [1.807, 2.05) is 36.7 Å². The Hall–Kier alpha value is -5.15. The lowest BCUT2D eigenvalue weighted by Gasteiger charge is -2.17. The topological polar surface area (TPSA) is 101 Å². The fourth-order valence-corrected chi connectivity index (χ4v) is 5.79. The number of amides is 1. The van der Waals surface area contributed by atoms with Gasteiger partial charge in [-0.1, -0.05) is 47.7 Å². The lowest BCUT2D eigenvalue weighted by atomic mass is 10.1. The summed E-state index contributed by atoms with van der Waals surface area (Å²) in [6.07, 6.45) is 5.82. The highest BCUT2D eigenvalue weighted by molar-refractivity contribution is 7.18. The molecule has 0 bridgehead atoms. The molecule has 0 unspecified atom stereocenters. The minimum Gasteiger partial charge on any atom is -0.397 e. The Labute approximate surface area is 234 Å². The molecular formula is C31H25N7OS. The van der Waals surface area contributed by atoms with Crippen molar-refractivity contribution in [1.82, 2.24) is 14.4 Å². The van der Waals surface area contributed by atoms with Gasteiger partial charge in [-0.05, 0) is 53.6 Å². The summed E-state index contributed by atoms with van der Waals surface area (Å²) in [6, 6.07) is 27.3. The predicted octanol–water partition coefficient (Wildman–Crippen LogP) is 6.56. The van der Waals surface area contributed by atoms with Crippen molar-refractivity contribution < 1.29 is 4.79 Å². The second-order valence-corrected chi connectivity index (χ2v) is 10.7. The first-order valence-corrected chi connectivity index (χ1v) is 13.7. The number of nitrogen functional groups attached to an aromatic ring is 1. The number of hydrogen-bond donors (Lipinski definition) is 3. The van der Waals surface area contributed by atoms with Crippen LogP contribution in [-0.4, -0.2) is 20.3 Å². The van der Waals surface area contributed by atoms with Gasteiger partial charge in [0.25, 0.3) is 5.91 Å². The first kappa shape index (κ1) is 23.9. The van der Waals surface area contributed by atoms with Crippen LogP contribution in [0.3, 0.4) is 0 Å². The molecule has 0 fully saturated rings. The highest BCUT2D eigenvalue weighted by Crippen LogP contribution is 2.33. The van der Waals surface area contributed by atoms with Gasteiger partial charge >= 0.3 is 0 Å². The third kappa shape index (κ3) is 4.52. The number of pyridine rings is 1. The van der Waals surface area contributed by atoms with E-state index >= 15 is 0 Å². The number of carbonyl (C=O) groups is 1. The molecule has 1 aliphatic heterocycles. The zero-order valence-electron chi connectivity index (χ0n) is 21.4. The summed E-state index contributed by atoms with van der Waals surface area (Å²) < 4.78 is 2.09. The van der Waals surface area contributed by atoms with E-state index in [1.165, 1.54) is 11.1 Å². The van der Waals surface area contributed by atoms with Crippen molar-refractivity contribution in [3.05, 3.63) is 120 Å². The van der Waals surface area contributed by atoms with Gasteiger partial charge in [-0.15, -0.1) is 0 Å². The minimum absolute atomic E-state index is 0.217. The number of rotatable bonds is 6. The number of nitrogens with one attached hydrogen (secondary N) is 2. The third-order valence-corrected chi connectivity index (χ3v) is 8.00. The Morgan fingerprint density at radius 1 is 0.875 bits per heavy atom. The van der Waals surface area contributed by atoms with Crippen LogP contribution >= 0.6 is 11.3 Å². The Kier molecular flexibility index (Phi) is 5.90. The number of para-hydroxylation sites is 2. The minimum atomic E-state index is -0.217. The molecule has 0 radical (unpaired) electrons. The summed E-state index contributed by atoms with van der Waals surface area (Å²) in [5.41, 5.74) is 14.2. The van der Waals surface area contributed by atoms with Gasteiger partial charge < -0.3 is 21.3 Å². The standard InChI is InChI=1S/C31H25N7OS/c32-25-7-3-4-8-26(25)36-30(39)20-9-11-23(12-10-20)35-31-34-17-28(40-31)27-16-33-29-15-24(13-14-38(27)29)37-18-21-5-1-2-6-22(21)19-37/h1-17H,18-19,32H2,(H,34,35)(H,36,39). The lowest BCUT2D eigenvalue weighted by molar-refractivity contribution is 0.102. The monoisotopic (exact) mass is 543 g/mol. The van der Waals surface area contributed by atoms with Crippen molar-refractivity contribution in [1.29, 1.82) is 0 Å². The number of thiazole rings is 1. The van der Waals surface area contributed by atoms with Gasteiger partial charge in [0.2, 0.25) is 0 Å². The maximum Gasteiger partial charge on any atom is 0.255 e. The van der Waals surface area contributed by atoms with Crippen LogP contribution in [0.15, 0.2) is 104 Å². The number of carbonyl (C=O) groups excluding carboxylic acids is 1. The van der Waals surface area contributed by atoms with Crippen LogP contribution in [-0.2, 0) is 13.1 Å². The number of fused-ring (bicyclic) bond motifs is 2. The van der Waals surface area contributed by atoms with Crippen molar-refractivity contribution in [3.8, 4) is 10.6 Å². The molecule has 0 atom stereocenters. The second kappa shape index (κ2) is 9.87. The van der Waals surface area contributed by atoms with Crippen LogP contribution in [0, 0.1) is 0 Å². The molecule has 0 saturated heterocycles. The fraction of sp³-hybridized carbons (Fsp3) is 0.0645. The van der Waals surface area contributed by atoms with Gasteiger partial charge in [-0.2, -0.15) is 0 Å². The summed E-state index contributed by atoms with van der Waals surface area (Å²) in [6.45, 7) is 1.83. The Bertz CT molecular complexity index is 1830. The molecule has 9 heteroatoms. The molecule has 196 valence electrons. The van der Waals surface area contributed by atoms with Crippen molar-refractivity contribution in [2.24, 2.45) is 0 Å². The van der Waals surface area contributed by atoms with E-state index in [2.05, 4.69) is 72.5 Å². The third-order valence-electron chi connectivity index (χ3n) is 7.07. The van der Waals surface area contributed by atoms with Crippen LogP contribution in [0.5, 0.6) is 0 Å². The summed E-state index contributed by atoms with van der Waals surface area (Å²) in [5.74, 6) is -0.217. The molecule has 7 rings (SSSR count). The first-order chi connectivity index (χ1) is 19.6. The van der Waals surface area contributed by atoms with Crippen molar-refractivity contribution in [3.63, 3.8) is 0 Å². The second-order valence-electron chi connectivity index (χ2n) is 9.65. The van der Waals surface area contributed by atoms with Crippen LogP contribution in [0.4, 0.5) is 27.9 Å². The molecule has 4 N–H and O–H groups in total. The van der Waals surface area contributed by atoms with E-state index in [-0.39, 0.29) is 5.91 Å². The SMILES string of the molecule is Nc1ccccc1NC(=O)c1ccc(Nc2ncc(-c3cnc4cc(N5Cc6ccccc6C5)ccn34)s2)cc1. The molecule has 8 nitrogen and oxygen atoms in total. The van der Waals surface area contributed by atoms with Crippen LogP contribution < -0.4 is 21.3 Å². The number of imidazole rings is 1. The van der Waals surface area contributed by atoms with E-state index in [0.717, 1.165) is 45.8 Å². The first-order valence-electron chi connectivity index (χ1n) is 12.9. The molecule has 1 aliphatic rings. The number of nitrogens with two attached hydrogens (primary N) is 1. The molecule has 0 saturated carbocycles. The van der Waals surface area contributed by atoms with Crippen molar-refractivity contribution in [2.45, 2.75) is 13.1 Å². The summed E-state index contributed by atoms with van der Waals surface area (Å²) in [4.78, 5) is 25.2. The predicted molar refractivity (Wildman–Crippen MR) is 161 cm³/mol. The van der Waals surface area contributed by atoms with Crippen LogP contribution in [0.2, 0.25) is 0 Å². The Morgan fingerprint density at radius 3 is 2.40 bits per heavy atom. The summed E-state index contributed by atoms with van der Waals surface area (Å²) in [5, 5.41) is 6.94. The molecular weight excluding hydrogens is 518 g/mol. The van der Waals surface area contributed by atoms with Crippen molar-refractivity contribution in [2.75, 3.05) is 21.3 Å². The summed E-state index contributed by atoms with van der Waals surface area (Å²) >= 11 is 1.55. The van der Waals surface area contributed by atoms with Crippen molar-refractivity contribution >= 4 is 50.8 Å². The van der Waals surface area contributed by atoms with E-state index in [4.69, 9.17) is 5.73 Å². The lowest BCUT2D eigenvalue weighted by Crippen LogP contribution is -2.14. The molecule has 3 aromatic heterocycles. The molecule has 40 heavy (non-hydrogen) atoms. The Morgan fingerprint density at radius 2 is 1.62 bits per heavy atom. The molecule has 1 amide bonds.